The van der Waals surface area contributed by atoms with Crippen LogP contribution < -0.4 is 4.98 Å². The zero-order valence-electron chi connectivity index (χ0n) is 15.0. The minimum atomic E-state index is -1.57. The highest BCUT2D eigenvalue weighted by Gasteiger charge is 2.50. The molecule has 24 heavy (non-hydrogen) atoms. The van der Waals surface area contributed by atoms with Crippen LogP contribution in [-0.4, -0.2) is 32.3 Å². The third kappa shape index (κ3) is 3.00. The lowest BCUT2D eigenvalue weighted by atomic mass is 9.89. The lowest BCUT2D eigenvalue weighted by molar-refractivity contribution is 0.210. The minimum Gasteiger partial charge on any atom is -0.410 e. The molecule has 1 aromatic rings. The van der Waals surface area contributed by atoms with Gasteiger partial charge in [-0.15, -0.1) is 0 Å². The maximum atomic E-state index is 3.97. The van der Waals surface area contributed by atoms with Gasteiger partial charge in [-0.05, 0) is 61.9 Å². The molecule has 0 radical (unpaired) electrons. The number of nitrogens with zero attached hydrogens (tertiary/aromatic N) is 1. The summed E-state index contributed by atoms with van der Waals surface area (Å²) in [4.78, 5) is 6.75. The molecular weight excluding hydrogens is 308 g/mol. The Kier molecular flexibility index (Phi) is 4.40. The van der Waals surface area contributed by atoms with E-state index in [1.54, 1.807) is 0 Å². The van der Waals surface area contributed by atoms with Gasteiger partial charge in [0.2, 0.25) is 0 Å². The van der Waals surface area contributed by atoms with Crippen LogP contribution in [0.25, 0.3) is 0 Å². The summed E-state index contributed by atoms with van der Waals surface area (Å²) in [6.07, 6.45) is 13.7. The van der Waals surface area contributed by atoms with Crippen LogP contribution >= 0.6 is 0 Å². The highest BCUT2D eigenvalue weighted by Crippen LogP contribution is 2.51. The van der Waals surface area contributed by atoms with E-state index in [-0.39, 0.29) is 0 Å². The Morgan fingerprint density at radius 3 is 2.33 bits per heavy atom. The standard InChI is InChI=1S/C21H30N2Si/c1-24(2,22-17-10-4-3-5-11-17)21-16-20(23-14-8-9-15-23)18-12-6-7-13-19(18)21/h3-7,10-13,18-22H,8-9,14-16H2,1-2H3. The van der Waals surface area contributed by atoms with E-state index in [4.69, 9.17) is 0 Å². The van der Waals surface area contributed by atoms with Crippen molar-refractivity contribution in [1.82, 2.24) is 4.90 Å². The predicted octanol–water partition coefficient (Wildman–Crippen LogP) is 4.90. The van der Waals surface area contributed by atoms with Crippen LogP contribution in [0.3, 0.4) is 0 Å². The molecule has 1 saturated heterocycles. The van der Waals surface area contributed by atoms with Crippen LogP contribution in [0.1, 0.15) is 19.3 Å². The molecule has 0 bridgehead atoms. The number of likely N-dealkylation sites (tertiary alicyclic amines) is 1. The molecular formula is C21H30N2Si. The Hall–Kier alpha value is -1.32. The second kappa shape index (κ2) is 6.53. The number of hydrogen-bond acceptors (Lipinski definition) is 2. The third-order valence-electron chi connectivity index (χ3n) is 6.40. The molecule has 0 aromatic heterocycles. The van der Waals surface area contributed by atoms with Crippen molar-refractivity contribution in [2.24, 2.45) is 11.8 Å². The summed E-state index contributed by atoms with van der Waals surface area (Å²) in [7, 11) is -1.57. The van der Waals surface area contributed by atoms with E-state index in [9.17, 15) is 0 Å². The van der Waals surface area contributed by atoms with E-state index in [2.05, 4.69) is 77.6 Å². The Balaban J connectivity index is 1.57. The highest BCUT2D eigenvalue weighted by atomic mass is 28.3. The molecule has 4 unspecified atom stereocenters. The summed E-state index contributed by atoms with van der Waals surface area (Å²) in [6.45, 7) is 7.68. The second-order valence-corrected chi connectivity index (χ2v) is 12.7. The fraction of sp³-hybridized carbons (Fsp3) is 0.524. The highest BCUT2D eigenvalue weighted by molar-refractivity contribution is 6.81. The molecule has 128 valence electrons. The van der Waals surface area contributed by atoms with E-state index in [0.29, 0.717) is 0 Å². The molecule has 4 atom stereocenters. The molecule has 2 aliphatic carbocycles. The number of rotatable bonds is 4. The summed E-state index contributed by atoms with van der Waals surface area (Å²) in [5.74, 6) is 1.45. The average Bonchev–Trinajstić information content (AvgIpc) is 3.23. The first-order valence-electron chi connectivity index (χ1n) is 9.57. The molecule has 0 spiro atoms. The number of anilines is 1. The second-order valence-electron chi connectivity index (χ2n) is 8.29. The van der Waals surface area contributed by atoms with Gasteiger partial charge in [-0.1, -0.05) is 55.6 Å². The number of fused-ring (bicyclic) bond motifs is 1. The lowest BCUT2D eigenvalue weighted by Crippen LogP contribution is -2.44. The number of para-hydroxylation sites is 1. The van der Waals surface area contributed by atoms with Gasteiger partial charge in [0, 0.05) is 11.7 Å². The van der Waals surface area contributed by atoms with Gasteiger partial charge in [-0.25, -0.2) is 0 Å². The monoisotopic (exact) mass is 338 g/mol. The normalized spacial score (nSPS) is 32.9. The van der Waals surface area contributed by atoms with Gasteiger partial charge in [0.25, 0.3) is 0 Å². The summed E-state index contributed by atoms with van der Waals surface area (Å²) in [6, 6.07) is 11.6. The van der Waals surface area contributed by atoms with Gasteiger partial charge < -0.3 is 4.98 Å². The van der Waals surface area contributed by atoms with Crippen LogP contribution in [-0.2, 0) is 0 Å². The van der Waals surface area contributed by atoms with Crippen LogP contribution in [0, 0.1) is 11.8 Å². The number of nitrogens with one attached hydrogen (secondary N) is 1. The van der Waals surface area contributed by atoms with Crippen molar-refractivity contribution in [3.8, 4) is 0 Å². The topological polar surface area (TPSA) is 15.3 Å². The van der Waals surface area contributed by atoms with E-state index in [0.717, 1.165) is 23.4 Å². The van der Waals surface area contributed by atoms with E-state index >= 15 is 0 Å². The fourth-order valence-corrected chi connectivity index (χ4v) is 8.45. The Morgan fingerprint density at radius 2 is 1.62 bits per heavy atom. The Morgan fingerprint density at radius 1 is 0.958 bits per heavy atom. The average molecular weight is 339 g/mol. The van der Waals surface area contributed by atoms with Crippen LogP contribution in [0.5, 0.6) is 0 Å². The van der Waals surface area contributed by atoms with Crippen molar-refractivity contribution in [2.45, 2.75) is 43.9 Å². The van der Waals surface area contributed by atoms with Crippen LogP contribution in [0.4, 0.5) is 5.69 Å². The molecule has 1 aromatic carbocycles. The van der Waals surface area contributed by atoms with E-state index in [1.165, 1.54) is 38.0 Å². The van der Waals surface area contributed by atoms with Crippen molar-refractivity contribution in [2.75, 3.05) is 18.1 Å². The lowest BCUT2D eigenvalue weighted by Gasteiger charge is -2.35. The molecule has 1 aliphatic heterocycles. The number of allylic oxidation sites excluding steroid dienone is 3. The minimum absolute atomic E-state index is 0.721. The summed E-state index contributed by atoms with van der Waals surface area (Å²) >= 11 is 0. The number of hydrogen-bond donors (Lipinski definition) is 1. The van der Waals surface area contributed by atoms with Gasteiger partial charge in [-0.3, -0.25) is 4.90 Å². The van der Waals surface area contributed by atoms with Crippen molar-refractivity contribution >= 4 is 13.9 Å². The predicted molar refractivity (Wildman–Crippen MR) is 106 cm³/mol. The zero-order chi connectivity index (χ0) is 16.6. The molecule has 1 N–H and O–H groups in total. The van der Waals surface area contributed by atoms with Gasteiger partial charge in [0.1, 0.15) is 0 Å². The molecule has 3 aliphatic rings. The molecule has 4 rings (SSSR count). The molecule has 0 amide bonds. The largest absolute Gasteiger partial charge is 0.410 e. The molecule has 2 fully saturated rings. The first-order valence-corrected chi connectivity index (χ1v) is 12.7. The van der Waals surface area contributed by atoms with Gasteiger partial charge in [-0.2, -0.15) is 0 Å². The molecule has 3 heteroatoms. The molecule has 1 heterocycles. The SMILES string of the molecule is C[Si](C)(Nc1ccccc1)C1CC(N2CCCC2)C2C=CC=CC21. The maximum absolute atomic E-state index is 3.97. The van der Waals surface area contributed by atoms with E-state index in [1.807, 2.05) is 0 Å². The third-order valence-corrected chi connectivity index (χ3v) is 9.81. The van der Waals surface area contributed by atoms with Crippen molar-refractivity contribution in [3.05, 3.63) is 54.6 Å². The van der Waals surface area contributed by atoms with E-state index < -0.39 is 8.24 Å². The maximum Gasteiger partial charge on any atom is 0.151 e. The van der Waals surface area contributed by atoms with Crippen molar-refractivity contribution in [3.63, 3.8) is 0 Å². The zero-order valence-corrected chi connectivity index (χ0v) is 16.0. The summed E-state index contributed by atoms with van der Waals surface area (Å²) in [5.41, 5.74) is 2.10. The van der Waals surface area contributed by atoms with Gasteiger partial charge in [0.05, 0.1) is 0 Å². The van der Waals surface area contributed by atoms with Gasteiger partial charge >= 0.3 is 0 Å². The number of benzene rings is 1. The van der Waals surface area contributed by atoms with Crippen molar-refractivity contribution < 1.29 is 0 Å². The molecule has 1 saturated carbocycles. The quantitative estimate of drug-likeness (QED) is 0.786. The Bertz CT molecular complexity index is 616. The first-order chi connectivity index (χ1) is 11.6. The van der Waals surface area contributed by atoms with Crippen molar-refractivity contribution in [1.29, 1.82) is 0 Å². The smallest absolute Gasteiger partial charge is 0.151 e. The van der Waals surface area contributed by atoms with Gasteiger partial charge in [0.15, 0.2) is 8.24 Å². The fourth-order valence-electron chi connectivity index (χ4n) is 5.23. The van der Waals surface area contributed by atoms with Crippen LogP contribution in [0.2, 0.25) is 18.6 Å². The van der Waals surface area contributed by atoms with Crippen LogP contribution in [0.15, 0.2) is 54.6 Å². The molecule has 2 nitrogen and oxygen atoms in total. The first kappa shape index (κ1) is 16.2. The Labute approximate surface area is 147 Å². The summed E-state index contributed by atoms with van der Waals surface area (Å²) in [5, 5.41) is 0. The summed E-state index contributed by atoms with van der Waals surface area (Å²) < 4.78 is 0.